The molecule has 4 aromatic carbocycles. The molecule has 4 rings (SSSR count). The van der Waals surface area contributed by atoms with Gasteiger partial charge in [0.2, 0.25) is 10.4 Å². The Balaban J connectivity index is -0.00000215. The second kappa shape index (κ2) is 23.7. The summed E-state index contributed by atoms with van der Waals surface area (Å²) in [5.74, 6) is -1.39. The second-order valence-corrected chi connectivity index (χ2v) is 12.9. The Morgan fingerprint density at radius 2 is 1.45 bits per heavy atom. The molecule has 1 radical (unpaired) electrons. The first kappa shape index (κ1) is 55.1. The average Bonchev–Trinajstić information content (AvgIpc) is 2.98. The molecular weight excluding hydrogens is 826 g/mol. The van der Waals surface area contributed by atoms with Crippen molar-refractivity contribution in [2.75, 3.05) is 25.2 Å². The van der Waals surface area contributed by atoms with Gasteiger partial charge in [-0.1, -0.05) is 22.6 Å². The first-order chi connectivity index (χ1) is 21.4. The molecule has 0 fully saturated rings. The zero-order chi connectivity index (χ0) is 34.4. The molecule has 0 saturated carbocycles. The van der Waals surface area contributed by atoms with Crippen molar-refractivity contribution in [1.82, 2.24) is 0 Å². The predicted octanol–water partition coefficient (Wildman–Crippen LogP) is -7.74. The normalized spacial score (nSPS) is 11.1. The Hall–Kier alpha value is -0.211. The number of ether oxygens (including phenoxy) is 1. The largest absolute Gasteiger partial charge is 1.00 e. The number of rotatable bonds is 9. The molecule has 51 heavy (non-hydrogen) atoms. The first-order valence-electron chi connectivity index (χ1n) is 12.2. The molecule has 257 valence electrons. The molecular formula is C26H22CuN5Na4O12S3-. The number of hydrogen-bond donors (Lipinski definition) is 4. The molecule has 0 saturated heterocycles. The van der Waals surface area contributed by atoms with Crippen LogP contribution in [0.25, 0.3) is 10.8 Å². The van der Waals surface area contributed by atoms with Gasteiger partial charge in [0.15, 0.2) is 9.84 Å². The molecule has 17 nitrogen and oxygen atoms in total. The van der Waals surface area contributed by atoms with Crippen LogP contribution in [0.2, 0.25) is 0 Å². The number of nitrogens with zero attached hydrogens (tertiary/aromatic N) is 4. The number of nitrogens with one attached hydrogen (secondary N) is 1. The van der Waals surface area contributed by atoms with E-state index in [1.165, 1.54) is 31.4 Å². The SMILES string of the molecule is O=S(=O)([O-])O.[CH2-]CS(=O)(=O)c1cc(O)c(N=Nc2[c-]cc3c(N=Nc4c[c-]ccc4S(=O)(=O)[O-])c(NC)ccc3c2O)cc1OC.[Cu].[Na+].[Na+].[Na+].[Na+]. The molecule has 0 spiro atoms. The number of azo groups is 2. The van der Waals surface area contributed by atoms with E-state index < -0.39 is 46.8 Å². The third-order valence-corrected chi connectivity index (χ3v) is 8.18. The van der Waals surface area contributed by atoms with Crippen LogP contribution in [0, 0.1) is 19.1 Å². The van der Waals surface area contributed by atoms with E-state index in [2.05, 4.69) is 44.8 Å². The minimum Gasteiger partial charge on any atom is -0.746 e. The van der Waals surface area contributed by atoms with E-state index in [4.69, 9.17) is 22.3 Å². The Kier molecular flexibility index (Phi) is 25.6. The number of phenolic OH excluding ortho intramolecular Hbond substituents is 2. The summed E-state index contributed by atoms with van der Waals surface area (Å²) in [6.07, 6.45) is 0. The summed E-state index contributed by atoms with van der Waals surface area (Å²) in [7, 11) is -10.7. The number of hydrogen-bond acceptors (Lipinski definition) is 16. The maximum absolute atomic E-state index is 12.2. The summed E-state index contributed by atoms with van der Waals surface area (Å²) in [4.78, 5) is -0.831. The van der Waals surface area contributed by atoms with E-state index in [-0.39, 0.29) is 180 Å². The molecule has 0 atom stereocenters. The predicted molar refractivity (Wildman–Crippen MR) is 160 cm³/mol. The molecule has 25 heteroatoms. The fourth-order valence-electron chi connectivity index (χ4n) is 3.72. The number of anilines is 1. The molecule has 0 aliphatic heterocycles. The van der Waals surface area contributed by atoms with Gasteiger partial charge in [0, 0.05) is 53.4 Å². The van der Waals surface area contributed by atoms with Gasteiger partial charge in [0.05, 0.1) is 12.8 Å². The van der Waals surface area contributed by atoms with Crippen molar-refractivity contribution in [3.63, 3.8) is 0 Å². The number of phenols is 2. The van der Waals surface area contributed by atoms with E-state index in [1.807, 2.05) is 0 Å². The summed E-state index contributed by atoms with van der Waals surface area (Å²) in [6, 6.07) is 15.7. The van der Waals surface area contributed by atoms with Gasteiger partial charge in [-0.2, -0.15) is 40.6 Å². The second-order valence-electron chi connectivity index (χ2n) is 8.65. The fraction of sp³-hybridized carbons (Fsp3) is 0.115. The first-order valence-corrected chi connectivity index (χ1v) is 16.6. The number of methoxy groups -OCH3 is 1. The van der Waals surface area contributed by atoms with Crippen molar-refractivity contribution >= 4 is 69.6 Å². The van der Waals surface area contributed by atoms with Gasteiger partial charge in [0.1, 0.15) is 32.2 Å². The summed E-state index contributed by atoms with van der Waals surface area (Å²) >= 11 is 0. The van der Waals surface area contributed by atoms with Crippen LogP contribution in [0.15, 0.2) is 78.8 Å². The van der Waals surface area contributed by atoms with Crippen LogP contribution >= 0.6 is 0 Å². The molecule has 0 bridgehead atoms. The minimum atomic E-state index is -4.92. The van der Waals surface area contributed by atoms with Crippen LogP contribution in [-0.2, 0) is 47.4 Å². The van der Waals surface area contributed by atoms with Crippen molar-refractivity contribution in [3.8, 4) is 17.2 Å². The summed E-state index contributed by atoms with van der Waals surface area (Å²) < 4.78 is 97.2. The topological polar surface area (TPSA) is 280 Å². The van der Waals surface area contributed by atoms with Gasteiger partial charge in [-0.05, 0) is 16.6 Å². The molecule has 4 aromatic rings. The molecule has 0 unspecified atom stereocenters. The maximum Gasteiger partial charge on any atom is 1.00 e. The van der Waals surface area contributed by atoms with E-state index >= 15 is 0 Å². The van der Waals surface area contributed by atoms with Crippen molar-refractivity contribution in [2.45, 2.75) is 9.79 Å². The summed E-state index contributed by atoms with van der Waals surface area (Å²) in [5.41, 5.74) is 0.181. The zero-order valence-electron chi connectivity index (χ0n) is 27.9. The molecule has 4 N–H and O–H groups in total. The molecule has 0 aliphatic carbocycles. The van der Waals surface area contributed by atoms with Gasteiger partial charge in [-0.25, -0.2) is 30.4 Å². The Labute approximate surface area is 393 Å². The van der Waals surface area contributed by atoms with Gasteiger partial charge in [-0.3, -0.25) is 4.55 Å². The number of fused-ring (bicyclic) bond motifs is 1. The Bertz CT molecular complexity index is 2190. The van der Waals surface area contributed by atoms with Crippen molar-refractivity contribution in [3.05, 3.63) is 67.6 Å². The Morgan fingerprint density at radius 3 is 1.98 bits per heavy atom. The molecule has 0 heterocycles. The van der Waals surface area contributed by atoms with Crippen LogP contribution in [0.3, 0.4) is 0 Å². The van der Waals surface area contributed by atoms with Gasteiger partial charge in [-0.15, -0.1) is 11.2 Å². The molecule has 0 aromatic heterocycles. The number of aromatic hydroxyl groups is 2. The molecule has 0 aliphatic rings. The van der Waals surface area contributed by atoms with Crippen LogP contribution in [0.5, 0.6) is 17.2 Å². The Morgan fingerprint density at radius 1 is 0.863 bits per heavy atom. The minimum absolute atomic E-state index is 0. The monoisotopic (exact) mass is 847 g/mol. The van der Waals surface area contributed by atoms with E-state index in [0.29, 0.717) is 11.1 Å². The fourth-order valence-corrected chi connectivity index (χ4v) is 5.27. The quantitative estimate of drug-likeness (QED) is 0.0401. The van der Waals surface area contributed by atoms with Crippen LogP contribution < -0.4 is 128 Å². The molecule has 0 amide bonds. The van der Waals surface area contributed by atoms with E-state index in [0.717, 1.165) is 12.1 Å². The van der Waals surface area contributed by atoms with Crippen LogP contribution in [0.4, 0.5) is 28.4 Å². The van der Waals surface area contributed by atoms with Gasteiger partial charge >= 0.3 is 118 Å². The average molecular weight is 848 g/mol. The van der Waals surface area contributed by atoms with Gasteiger partial charge in [0.25, 0.3) is 0 Å². The van der Waals surface area contributed by atoms with Crippen LogP contribution in [-0.4, -0.2) is 69.0 Å². The van der Waals surface area contributed by atoms with Crippen LogP contribution in [0.1, 0.15) is 0 Å². The summed E-state index contributed by atoms with van der Waals surface area (Å²) in [5, 5.41) is 40.7. The zero-order valence-corrected chi connectivity index (χ0v) is 39.3. The van der Waals surface area contributed by atoms with Crippen molar-refractivity contribution < 1.29 is 189 Å². The van der Waals surface area contributed by atoms with E-state index in [9.17, 15) is 31.6 Å². The third kappa shape index (κ3) is 15.5. The third-order valence-electron chi connectivity index (χ3n) is 5.77. The van der Waals surface area contributed by atoms with Crippen molar-refractivity contribution in [1.29, 1.82) is 0 Å². The smallest absolute Gasteiger partial charge is 0.746 e. The van der Waals surface area contributed by atoms with E-state index in [1.54, 1.807) is 19.2 Å². The maximum atomic E-state index is 12.2. The van der Waals surface area contributed by atoms with Crippen molar-refractivity contribution in [2.24, 2.45) is 20.5 Å². The number of benzene rings is 4. The standard InChI is InChI=1S/C26H22N5O8S2.Cu.4Na.H2O4S/c1-4-40(34,35)24-14-21(32)20(13-22(24)39-3)30-29-19-12-9-15-16(26(19)33)10-11-18(27-2)25(15)31-28-17-7-5-6-8-23(17)41(36,37)38;;;;;;1-5(2,3)4/h6-11,13-14,27,32-33H,1,4H2,2-3H3,(H,36,37,38);;;;;;(H2,1,2,3,4)/q-3;;4*+1;/p-2. The number of sulfone groups is 1. The summed E-state index contributed by atoms with van der Waals surface area (Å²) in [6.45, 7) is 3.38. The van der Waals surface area contributed by atoms with Gasteiger partial charge < -0.3 is 36.3 Å².